The fourth-order valence-corrected chi connectivity index (χ4v) is 4.15. The van der Waals surface area contributed by atoms with Gasteiger partial charge in [-0.05, 0) is 24.6 Å². The van der Waals surface area contributed by atoms with E-state index in [4.69, 9.17) is 4.98 Å². The lowest BCUT2D eigenvalue weighted by molar-refractivity contribution is -0.130. The highest BCUT2D eigenvalue weighted by Crippen LogP contribution is 2.29. The molecule has 0 atom stereocenters. The predicted molar refractivity (Wildman–Crippen MR) is 103 cm³/mol. The molecule has 0 saturated carbocycles. The molecule has 1 aliphatic rings. The molecular formula is C20H21N3OS. The average Bonchev–Trinajstić information content (AvgIpc) is 3.08. The van der Waals surface area contributed by atoms with E-state index < -0.39 is 0 Å². The Hall–Kier alpha value is -2.40. The zero-order valence-corrected chi connectivity index (χ0v) is 15.1. The minimum Gasteiger partial charge on any atom is -0.345 e. The number of carbonyl (C=O) groups is 1. The first kappa shape index (κ1) is 16.1. The van der Waals surface area contributed by atoms with E-state index >= 15 is 0 Å². The fourth-order valence-electron chi connectivity index (χ4n) is 3.13. The minimum absolute atomic E-state index is 0.216. The monoisotopic (exact) mass is 351 g/mol. The summed E-state index contributed by atoms with van der Waals surface area (Å²) in [6.07, 6.45) is 0.488. The topological polar surface area (TPSA) is 36.4 Å². The molecule has 0 aliphatic carbocycles. The molecule has 1 saturated heterocycles. The third-order valence-electron chi connectivity index (χ3n) is 4.66. The van der Waals surface area contributed by atoms with Crippen LogP contribution in [0.3, 0.4) is 0 Å². The van der Waals surface area contributed by atoms with E-state index in [0.29, 0.717) is 6.42 Å². The Morgan fingerprint density at radius 1 is 1.04 bits per heavy atom. The van der Waals surface area contributed by atoms with Gasteiger partial charge in [0.15, 0.2) is 5.13 Å². The summed E-state index contributed by atoms with van der Waals surface area (Å²) in [7, 11) is 0. The zero-order valence-electron chi connectivity index (χ0n) is 14.3. The molecule has 1 amide bonds. The van der Waals surface area contributed by atoms with E-state index in [-0.39, 0.29) is 5.91 Å². The highest BCUT2D eigenvalue weighted by molar-refractivity contribution is 7.22. The lowest BCUT2D eigenvalue weighted by Gasteiger charge is -2.34. The number of aryl methyl sites for hydroxylation is 1. The van der Waals surface area contributed by atoms with Crippen molar-refractivity contribution in [3.8, 4) is 0 Å². The van der Waals surface area contributed by atoms with Crippen LogP contribution < -0.4 is 4.90 Å². The van der Waals surface area contributed by atoms with Crippen molar-refractivity contribution in [2.75, 3.05) is 31.1 Å². The highest BCUT2D eigenvalue weighted by atomic mass is 32.1. The summed E-state index contributed by atoms with van der Waals surface area (Å²) in [6, 6.07) is 16.4. The Morgan fingerprint density at radius 3 is 2.48 bits per heavy atom. The van der Waals surface area contributed by atoms with Gasteiger partial charge in [-0.25, -0.2) is 4.98 Å². The van der Waals surface area contributed by atoms with Crippen LogP contribution in [0.1, 0.15) is 11.1 Å². The second-order valence-electron chi connectivity index (χ2n) is 6.49. The van der Waals surface area contributed by atoms with Crippen LogP contribution in [0.4, 0.5) is 5.13 Å². The maximum Gasteiger partial charge on any atom is 0.227 e. The van der Waals surface area contributed by atoms with Crippen molar-refractivity contribution < 1.29 is 4.79 Å². The number of nitrogens with zero attached hydrogens (tertiary/aromatic N) is 3. The summed E-state index contributed by atoms with van der Waals surface area (Å²) >= 11 is 1.73. The third-order valence-corrected chi connectivity index (χ3v) is 5.76. The second kappa shape index (κ2) is 6.84. The fraction of sp³-hybridized carbons (Fsp3) is 0.300. The number of benzene rings is 2. The number of fused-ring (bicyclic) bond motifs is 1. The Kier molecular flexibility index (Phi) is 4.40. The van der Waals surface area contributed by atoms with Gasteiger partial charge >= 0.3 is 0 Å². The van der Waals surface area contributed by atoms with Crippen molar-refractivity contribution in [2.24, 2.45) is 0 Å². The maximum atomic E-state index is 12.5. The smallest absolute Gasteiger partial charge is 0.227 e. The van der Waals surface area contributed by atoms with Gasteiger partial charge in [-0.2, -0.15) is 0 Å². The molecule has 5 heteroatoms. The standard InChI is InChI=1S/C20H21N3OS/c1-15-6-8-16(9-7-15)14-19(24)22-10-12-23(13-11-22)20-21-17-4-2-3-5-18(17)25-20/h2-9H,10-14H2,1H3. The lowest BCUT2D eigenvalue weighted by atomic mass is 10.1. The average molecular weight is 351 g/mol. The molecule has 25 heavy (non-hydrogen) atoms. The van der Waals surface area contributed by atoms with E-state index in [2.05, 4.69) is 36.1 Å². The first-order chi connectivity index (χ1) is 12.2. The van der Waals surface area contributed by atoms with E-state index in [1.165, 1.54) is 10.3 Å². The number of rotatable bonds is 3. The Labute approximate surface area is 151 Å². The molecule has 0 unspecified atom stereocenters. The maximum absolute atomic E-state index is 12.5. The number of para-hydroxylation sites is 1. The van der Waals surface area contributed by atoms with E-state index in [1.54, 1.807) is 11.3 Å². The highest BCUT2D eigenvalue weighted by Gasteiger charge is 2.23. The Bertz CT molecular complexity index is 846. The van der Waals surface area contributed by atoms with Crippen LogP contribution >= 0.6 is 11.3 Å². The molecule has 4 nitrogen and oxygen atoms in total. The molecule has 0 radical (unpaired) electrons. The van der Waals surface area contributed by atoms with Gasteiger partial charge in [-0.15, -0.1) is 0 Å². The largest absolute Gasteiger partial charge is 0.345 e. The normalized spacial score (nSPS) is 14.9. The summed E-state index contributed by atoms with van der Waals surface area (Å²) in [5, 5.41) is 1.06. The van der Waals surface area contributed by atoms with Gasteiger partial charge in [0, 0.05) is 26.2 Å². The van der Waals surface area contributed by atoms with Gasteiger partial charge in [0.2, 0.25) is 5.91 Å². The van der Waals surface area contributed by atoms with Gasteiger partial charge in [0.25, 0.3) is 0 Å². The quantitative estimate of drug-likeness (QED) is 0.725. The number of amides is 1. The van der Waals surface area contributed by atoms with Gasteiger partial charge in [-0.1, -0.05) is 53.3 Å². The first-order valence-electron chi connectivity index (χ1n) is 8.63. The third kappa shape index (κ3) is 3.51. The molecule has 0 spiro atoms. The molecule has 0 N–H and O–H groups in total. The SMILES string of the molecule is Cc1ccc(CC(=O)N2CCN(c3nc4ccccc4s3)CC2)cc1. The number of thiazole rings is 1. The van der Waals surface area contributed by atoms with E-state index in [1.807, 2.05) is 29.2 Å². The van der Waals surface area contributed by atoms with Gasteiger partial charge in [0.1, 0.15) is 0 Å². The van der Waals surface area contributed by atoms with Gasteiger partial charge in [-0.3, -0.25) is 4.79 Å². The Morgan fingerprint density at radius 2 is 1.76 bits per heavy atom. The molecule has 1 aliphatic heterocycles. The second-order valence-corrected chi connectivity index (χ2v) is 7.50. The summed E-state index contributed by atoms with van der Waals surface area (Å²) in [6.45, 7) is 5.28. The van der Waals surface area contributed by atoms with Crippen LogP contribution in [-0.2, 0) is 11.2 Å². The Balaban J connectivity index is 1.37. The van der Waals surface area contributed by atoms with E-state index in [0.717, 1.165) is 42.4 Å². The van der Waals surface area contributed by atoms with Crippen LogP contribution in [-0.4, -0.2) is 42.0 Å². The number of aromatic nitrogens is 1. The van der Waals surface area contributed by atoms with Crippen molar-refractivity contribution in [1.82, 2.24) is 9.88 Å². The number of hydrogen-bond acceptors (Lipinski definition) is 4. The predicted octanol–water partition coefficient (Wildman–Crippen LogP) is 3.50. The minimum atomic E-state index is 0.216. The molecular weight excluding hydrogens is 330 g/mol. The van der Waals surface area contributed by atoms with Crippen molar-refractivity contribution in [3.63, 3.8) is 0 Å². The van der Waals surface area contributed by atoms with Crippen molar-refractivity contribution in [1.29, 1.82) is 0 Å². The number of piperazine rings is 1. The summed E-state index contributed by atoms with van der Waals surface area (Å²) < 4.78 is 1.22. The van der Waals surface area contributed by atoms with Crippen LogP contribution in [0.5, 0.6) is 0 Å². The molecule has 128 valence electrons. The zero-order chi connectivity index (χ0) is 17.2. The molecule has 3 aromatic rings. The van der Waals surface area contributed by atoms with Gasteiger partial charge in [0.05, 0.1) is 16.6 Å². The van der Waals surface area contributed by atoms with Crippen LogP contribution in [0.25, 0.3) is 10.2 Å². The molecule has 0 bridgehead atoms. The van der Waals surface area contributed by atoms with Crippen molar-refractivity contribution in [3.05, 3.63) is 59.7 Å². The molecule has 2 aromatic carbocycles. The lowest BCUT2D eigenvalue weighted by Crippen LogP contribution is -2.49. The molecule has 1 aromatic heterocycles. The molecule has 2 heterocycles. The summed E-state index contributed by atoms with van der Waals surface area (Å²) in [5.41, 5.74) is 3.37. The van der Waals surface area contributed by atoms with Crippen LogP contribution in [0, 0.1) is 6.92 Å². The van der Waals surface area contributed by atoms with Crippen LogP contribution in [0.15, 0.2) is 48.5 Å². The number of anilines is 1. The van der Waals surface area contributed by atoms with Crippen LogP contribution in [0.2, 0.25) is 0 Å². The number of carbonyl (C=O) groups excluding carboxylic acids is 1. The van der Waals surface area contributed by atoms with E-state index in [9.17, 15) is 4.79 Å². The van der Waals surface area contributed by atoms with Crippen molar-refractivity contribution in [2.45, 2.75) is 13.3 Å². The first-order valence-corrected chi connectivity index (χ1v) is 9.44. The van der Waals surface area contributed by atoms with Gasteiger partial charge < -0.3 is 9.80 Å². The van der Waals surface area contributed by atoms with Crippen molar-refractivity contribution >= 4 is 32.6 Å². The summed E-state index contributed by atoms with van der Waals surface area (Å²) in [4.78, 5) is 21.5. The number of hydrogen-bond donors (Lipinski definition) is 0. The molecule has 4 rings (SSSR count). The molecule has 1 fully saturated rings. The summed E-state index contributed by atoms with van der Waals surface area (Å²) in [5.74, 6) is 0.216.